The molecule has 0 aliphatic rings. The van der Waals surface area contributed by atoms with Gasteiger partial charge in [0, 0.05) is 18.0 Å². The Hall–Kier alpha value is -2.75. The number of hydrogen-bond acceptors (Lipinski definition) is 5. The van der Waals surface area contributed by atoms with Crippen molar-refractivity contribution in [1.82, 2.24) is 15.8 Å². The Morgan fingerprint density at radius 1 is 1.11 bits per heavy atom. The summed E-state index contributed by atoms with van der Waals surface area (Å²) >= 11 is 1.50. The number of hydrazine groups is 1. The summed E-state index contributed by atoms with van der Waals surface area (Å²) in [5.74, 6) is -3.09. The van der Waals surface area contributed by atoms with E-state index in [2.05, 4.69) is 4.98 Å². The number of carbonyl (C=O) groups is 2. The van der Waals surface area contributed by atoms with Gasteiger partial charge < -0.3 is 4.31 Å². The second-order valence-electron chi connectivity index (χ2n) is 5.03. The molecule has 0 atom stereocenters. The lowest BCUT2D eigenvalue weighted by molar-refractivity contribution is -0.174. The average Bonchev–Trinajstić information content (AvgIpc) is 2.71. The number of aromatic nitrogens is 1. The molecule has 0 fully saturated rings. The van der Waals surface area contributed by atoms with Crippen molar-refractivity contribution in [2.24, 2.45) is 0 Å². The molecule has 2 aromatic rings. The van der Waals surface area contributed by atoms with Crippen molar-refractivity contribution in [3.8, 4) is 0 Å². The molecule has 2 rings (SSSR count). The molecule has 0 aliphatic carbocycles. The molecule has 0 spiro atoms. The highest BCUT2D eigenvalue weighted by atomic mass is 32.2. The molecule has 28 heavy (non-hydrogen) atoms. The van der Waals surface area contributed by atoms with E-state index in [0.717, 1.165) is 11.3 Å². The average molecular weight is 414 g/mol. The Kier molecular flexibility index (Phi) is 9.29. The summed E-state index contributed by atoms with van der Waals surface area (Å²) in [7, 11) is 0. The van der Waals surface area contributed by atoms with Gasteiger partial charge in [0.1, 0.15) is 0 Å². The number of hydrogen-bond donors (Lipinski definition) is 2. The van der Waals surface area contributed by atoms with E-state index in [-0.39, 0.29) is 5.56 Å². The third kappa shape index (κ3) is 7.10. The number of nitrogens with zero attached hydrogens (tertiary/aromatic N) is 2. The fourth-order valence-electron chi connectivity index (χ4n) is 1.95. The van der Waals surface area contributed by atoms with Crippen molar-refractivity contribution in [3.05, 3.63) is 59.9 Å². The third-order valence-electron chi connectivity index (χ3n) is 3.24. The van der Waals surface area contributed by atoms with E-state index in [1.165, 1.54) is 29.5 Å². The molecule has 0 aliphatic heterocycles. The first kappa shape index (κ1) is 23.3. The highest BCUT2D eigenvalue weighted by Gasteiger charge is 2.38. The lowest BCUT2D eigenvalue weighted by Crippen LogP contribution is -2.47. The van der Waals surface area contributed by atoms with Gasteiger partial charge in [-0.25, -0.2) is 0 Å². The van der Waals surface area contributed by atoms with Crippen LogP contribution in [0.5, 0.6) is 0 Å². The van der Waals surface area contributed by atoms with Crippen LogP contribution in [0.3, 0.4) is 0 Å². The van der Waals surface area contributed by atoms with Crippen LogP contribution in [0.2, 0.25) is 0 Å². The van der Waals surface area contributed by atoms with Gasteiger partial charge in [0.2, 0.25) is 0 Å². The highest BCUT2D eigenvalue weighted by Crippen LogP contribution is 2.22. The predicted octanol–water partition coefficient (Wildman–Crippen LogP) is 3.72. The van der Waals surface area contributed by atoms with Crippen LogP contribution in [0.15, 0.2) is 48.8 Å². The van der Waals surface area contributed by atoms with Gasteiger partial charge in [0.25, 0.3) is 5.91 Å². The Balaban J connectivity index is 0.00000190. The van der Waals surface area contributed by atoms with E-state index >= 15 is 0 Å². The predicted molar refractivity (Wildman–Crippen MR) is 103 cm³/mol. The summed E-state index contributed by atoms with van der Waals surface area (Å²) in [5.41, 5.74) is 4.96. The number of pyridine rings is 1. The molecule has 2 N–H and O–H groups in total. The molecular weight excluding hydrogens is 393 g/mol. The largest absolute Gasteiger partial charge is 0.472 e. The topological polar surface area (TPSA) is 74.3 Å². The van der Waals surface area contributed by atoms with Gasteiger partial charge in [-0.15, -0.1) is 0 Å². The second-order valence-corrected chi connectivity index (χ2v) is 5.84. The number of carbonyl (C=O) groups excluding carboxylic acids is 2. The molecular formula is C18H21F3N4O2S. The zero-order valence-electron chi connectivity index (χ0n) is 15.6. The maximum atomic E-state index is 12.1. The van der Waals surface area contributed by atoms with Gasteiger partial charge in [-0.05, 0) is 29.8 Å². The Bertz CT molecular complexity index is 756. The SMILES string of the molecule is CC.CSN(Cc1ccc(C(=O)NNC(=O)C(F)(F)F)cc1)c1cccnc1. The van der Waals surface area contributed by atoms with Gasteiger partial charge in [-0.3, -0.25) is 25.4 Å². The summed E-state index contributed by atoms with van der Waals surface area (Å²) in [6.45, 7) is 4.54. The van der Waals surface area contributed by atoms with Crippen LogP contribution in [0.1, 0.15) is 29.8 Å². The number of halogens is 3. The molecule has 1 aromatic carbocycles. The Morgan fingerprint density at radius 2 is 1.75 bits per heavy atom. The van der Waals surface area contributed by atoms with E-state index in [9.17, 15) is 22.8 Å². The monoisotopic (exact) mass is 414 g/mol. The van der Waals surface area contributed by atoms with Crippen molar-refractivity contribution in [2.75, 3.05) is 10.6 Å². The fourth-order valence-corrected chi connectivity index (χ4v) is 2.54. The van der Waals surface area contributed by atoms with Crippen LogP contribution in [-0.2, 0) is 11.3 Å². The minimum Gasteiger partial charge on any atom is -0.310 e. The van der Waals surface area contributed by atoms with E-state index < -0.39 is 18.0 Å². The quantitative estimate of drug-likeness (QED) is 0.576. The van der Waals surface area contributed by atoms with E-state index in [0.29, 0.717) is 6.54 Å². The van der Waals surface area contributed by atoms with Crippen LogP contribution in [-0.4, -0.2) is 29.2 Å². The molecule has 1 aromatic heterocycles. The summed E-state index contributed by atoms with van der Waals surface area (Å²) < 4.78 is 38.2. The van der Waals surface area contributed by atoms with Gasteiger partial charge in [-0.1, -0.05) is 37.9 Å². The number of rotatable bonds is 5. The number of amides is 2. The molecule has 6 nitrogen and oxygen atoms in total. The van der Waals surface area contributed by atoms with E-state index in [4.69, 9.17) is 0 Å². The third-order valence-corrected chi connectivity index (χ3v) is 4.02. The molecule has 0 unspecified atom stereocenters. The van der Waals surface area contributed by atoms with Gasteiger partial charge in [0.15, 0.2) is 0 Å². The van der Waals surface area contributed by atoms with Crippen LogP contribution in [0.4, 0.5) is 18.9 Å². The smallest absolute Gasteiger partial charge is 0.310 e. The molecule has 2 amide bonds. The molecule has 0 radical (unpaired) electrons. The minimum absolute atomic E-state index is 0.119. The van der Waals surface area contributed by atoms with Gasteiger partial charge in [-0.2, -0.15) is 13.2 Å². The fraction of sp³-hybridized carbons (Fsp3) is 0.278. The Labute approximate surface area is 165 Å². The molecule has 0 saturated carbocycles. The lowest BCUT2D eigenvalue weighted by atomic mass is 10.1. The van der Waals surface area contributed by atoms with Gasteiger partial charge in [0.05, 0.1) is 18.4 Å². The van der Waals surface area contributed by atoms with Crippen molar-refractivity contribution in [1.29, 1.82) is 0 Å². The van der Waals surface area contributed by atoms with Gasteiger partial charge >= 0.3 is 12.1 Å². The van der Waals surface area contributed by atoms with Crippen molar-refractivity contribution in [2.45, 2.75) is 26.6 Å². The number of nitrogens with one attached hydrogen (secondary N) is 2. The number of alkyl halides is 3. The van der Waals surface area contributed by atoms with Crippen molar-refractivity contribution >= 4 is 29.4 Å². The summed E-state index contributed by atoms with van der Waals surface area (Å²) in [5, 5.41) is 0. The maximum Gasteiger partial charge on any atom is 0.472 e. The highest BCUT2D eigenvalue weighted by molar-refractivity contribution is 7.99. The van der Waals surface area contributed by atoms with E-state index in [1.807, 2.05) is 36.5 Å². The minimum atomic E-state index is -5.06. The molecule has 10 heteroatoms. The van der Waals surface area contributed by atoms with Crippen LogP contribution >= 0.6 is 11.9 Å². The maximum absolute atomic E-state index is 12.1. The molecule has 0 saturated heterocycles. The number of benzene rings is 1. The first-order valence-corrected chi connectivity index (χ1v) is 9.47. The zero-order chi connectivity index (χ0) is 21.2. The first-order valence-electron chi connectivity index (χ1n) is 8.29. The summed E-state index contributed by atoms with van der Waals surface area (Å²) in [6.07, 6.45) is 0.247. The Morgan fingerprint density at radius 3 is 2.25 bits per heavy atom. The van der Waals surface area contributed by atoms with E-state index in [1.54, 1.807) is 30.0 Å². The summed E-state index contributed by atoms with van der Waals surface area (Å²) in [6, 6.07) is 10.0. The lowest BCUT2D eigenvalue weighted by Gasteiger charge is -2.21. The number of anilines is 1. The second kappa shape index (κ2) is 11.2. The van der Waals surface area contributed by atoms with Crippen LogP contribution in [0.25, 0.3) is 0 Å². The standard InChI is InChI=1S/C16H15F3N4O2S.C2H6/c1-26-23(13-3-2-8-20-9-13)10-11-4-6-12(7-5-11)14(24)21-22-15(25)16(17,18)19;1-2/h2-9H,10H2,1H3,(H,21,24)(H,22,25);1-2H3. The van der Waals surface area contributed by atoms with Crippen molar-refractivity contribution in [3.63, 3.8) is 0 Å². The van der Waals surface area contributed by atoms with Crippen LogP contribution < -0.4 is 15.2 Å². The van der Waals surface area contributed by atoms with Crippen molar-refractivity contribution < 1.29 is 22.8 Å². The summed E-state index contributed by atoms with van der Waals surface area (Å²) in [4.78, 5) is 26.5. The normalized spacial score (nSPS) is 10.4. The molecule has 0 bridgehead atoms. The zero-order valence-corrected chi connectivity index (χ0v) is 16.4. The van der Waals surface area contributed by atoms with Crippen LogP contribution in [0, 0.1) is 0 Å². The molecule has 1 heterocycles. The first-order chi connectivity index (χ1) is 13.3. The molecule has 152 valence electrons.